The van der Waals surface area contributed by atoms with Crippen LogP contribution in [0.3, 0.4) is 0 Å². The second kappa shape index (κ2) is 6.24. The maximum absolute atomic E-state index is 12.4. The Bertz CT molecular complexity index is 771. The molecular weight excluding hydrogens is 330 g/mol. The fourth-order valence-electron chi connectivity index (χ4n) is 3.26. The third-order valence-corrected chi connectivity index (χ3v) is 6.31. The third kappa shape index (κ3) is 3.01. The van der Waals surface area contributed by atoms with Gasteiger partial charge in [-0.2, -0.15) is 16.9 Å². The molecule has 1 fully saturated rings. The van der Waals surface area contributed by atoms with E-state index < -0.39 is 0 Å². The summed E-state index contributed by atoms with van der Waals surface area (Å²) in [7, 11) is 0. The number of aromatic nitrogens is 4. The lowest BCUT2D eigenvalue weighted by molar-refractivity contribution is 0.480. The number of nitrogens with zero attached hydrogens (tertiary/aromatic N) is 5. The van der Waals surface area contributed by atoms with Crippen molar-refractivity contribution in [3.63, 3.8) is 0 Å². The molecule has 0 bridgehead atoms. The third-order valence-electron chi connectivity index (χ3n) is 4.43. The first-order valence-corrected chi connectivity index (χ1v) is 9.92. The molecule has 2 aliphatic rings. The number of thioether (sulfide) groups is 1. The summed E-state index contributed by atoms with van der Waals surface area (Å²) in [6.45, 7) is 3.59. The highest BCUT2D eigenvalue weighted by Crippen LogP contribution is 2.29. The summed E-state index contributed by atoms with van der Waals surface area (Å²) in [5.41, 5.74) is 2.23. The smallest absolute Gasteiger partial charge is 0.267 e. The molecule has 2 aromatic heterocycles. The number of anilines is 1. The largest absolute Gasteiger partial charge is 0.342 e. The van der Waals surface area contributed by atoms with Gasteiger partial charge >= 0.3 is 0 Å². The first-order valence-electron chi connectivity index (χ1n) is 7.95. The summed E-state index contributed by atoms with van der Waals surface area (Å²) in [6.07, 6.45) is 3.16. The Hall–Kier alpha value is -1.41. The maximum atomic E-state index is 12.4. The number of rotatable bonds is 3. The van der Waals surface area contributed by atoms with Crippen molar-refractivity contribution in [2.24, 2.45) is 0 Å². The van der Waals surface area contributed by atoms with Gasteiger partial charge in [-0.05, 0) is 31.1 Å². The number of aryl methyl sites for hydroxylation is 2. The minimum Gasteiger partial charge on any atom is -0.342 e. The van der Waals surface area contributed by atoms with Gasteiger partial charge in [0.15, 0.2) is 0 Å². The zero-order valence-electron chi connectivity index (χ0n) is 13.1. The van der Waals surface area contributed by atoms with Crippen LogP contribution in [0.4, 0.5) is 5.13 Å². The number of hydrogen-bond donors (Lipinski definition) is 0. The highest BCUT2D eigenvalue weighted by Gasteiger charge is 2.28. The van der Waals surface area contributed by atoms with Crippen molar-refractivity contribution in [1.29, 1.82) is 0 Å². The lowest BCUT2D eigenvalue weighted by Crippen LogP contribution is -2.37. The van der Waals surface area contributed by atoms with Crippen molar-refractivity contribution in [3.05, 3.63) is 32.7 Å². The molecule has 23 heavy (non-hydrogen) atoms. The van der Waals surface area contributed by atoms with Crippen LogP contribution in [-0.4, -0.2) is 38.3 Å². The minimum atomic E-state index is 0.0199. The van der Waals surface area contributed by atoms with E-state index in [0.29, 0.717) is 6.54 Å². The average Bonchev–Trinajstić information content (AvgIpc) is 3.16. The summed E-state index contributed by atoms with van der Waals surface area (Å²) in [4.78, 5) is 14.7. The van der Waals surface area contributed by atoms with E-state index in [1.54, 1.807) is 22.1 Å². The van der Waals surface area contributed by atoms with Crippen LogP contribution in [-0.2, 0) is 18.7 Å². The molecule has 1 unspecified atom stereocenters. The van der Waals surface area contributed by atoms with E-state index in [0.717, 1.165) is 58.7 Å². The van der Waals surface area contributed by atoms with Gasteiger partial charge in [0.05, 0.1) is 18.3 Å². The van der Waals surface area contributed by atoms with Crippen LogP contribution in [0.5, 0.6) is 0 Å². The van der Waals surface area contributed by atoms with Gasteiger partial charge in [-0.1, -0.05) is 11.3 Å². The van der Waals surface area contributed by atoms with Gasteiger partial charge in [-0.25, -0.2) is 4.68 Å². The standard InChI is InChI=1S/C15H19N5OS2/c1-10-16-17-15(23-10)19-5-2-3-12(19)8-20-14(21)7-11-9-22-6-4-13(11)18-20/h7,12H,2-6,8-9H2,1H3. The van der Waals surface area contributed by atoms with Crippen LogP contribution in [0.2, 0.25) is 0 Å². The van der Waals surface area contributed by atoms with Crippen molar-refractivity contribution in [2.45, 2.75) is 44.5 Å². The molecule has 2 aliphatic heterocycles. The zero-order valence-corrected chi connectivity index (χ0v) is 14.7. The molecule has 0 aromatic carbocycles. The van der Waals surface area contributed by atoms with Crippen LogP contribution < -0.4 is 10.5 Å². The van der Waals surface area contributed by atoms with E-state index in [9.17, 15) is 4.79 Å². The molecule has 2 aromatic rings. The molecule has 0 amide bonds. The predicted octanol–water partition coefficient (Wildman–Crippen LogP) is 1.86. The summed E-state index contributed by atoms with van der Waals surface area (Å²) >= 11 is 3.49. The van der Waals surface area contributed by atoms with E-state index >= 15 is 0 Å². The van der Waals surface area contributed by atoms with E-state index in [4.69, 9.17) is 0 Å². The monoisotopic (exact) mass is 349 g/mol. The topological polar surface area (TPSA) is 63.9 Å². The first kappa shape index (κ1) is 15.1. The van der Waals surface area contributed by atoms with Crippen molar-refractivity contribution < 1.29 is 0 Å². The Morgan fingerprint density at radius 2 is 2.30 bits per heavy atom. The Labute approximate surface area is 142 Å². The molecule has 0 saturated carbocycles. The molecule has 0 spiro atoms. The summed E-state index contributed by atoms with van der Waals surface area (Å²) in [5.74, 6) is 2.01. The molecule has 122 valence electrons. The molecule has 0 aliphatic carbocycles. The van der Waals surface area contributed by atoms with Crippen molar-refractivity contribution in [3.8, 4) is 0 Å². The molecule has 8 heteroatoms. The quantitative estimate of drug-likeness (QED) is 0.843. The van der Waals surface area contributed by atoms with Crippen LogP contribution in [0.1, 0.15) is 29.1 Å². The van der Waals surface area contributed by atoms with Gasteiger partial charge < -0.3 is 4.90 Å². The SMILES string of the molecule is Cc1nnc(N2CCCC2Cn2nc3c(cc2=O)CSCC3)s1. The van der Waals surface area contributed by atoms with E-state index in [-0.39, 0.29) is 11.6 Å². The van der Waals surface area contributed by atoms with Gasteiger partial charge in [0.25, 0.3) is 5.56 Å². The normalized spacial score (nSPS) is 20.7. The first-order chi connectivity index (χ1) is 11.2. The Kier molecular flexibility index (Phi) is 4.11. The molecule has 1 atom stereocenters. The maximum Gasteiger partial charge on any atom is 0.267 e. The molecular formula is C15H19N5OS2. The Morgan fingerprint density at radius 3 is 3.13 bits per heavy atom. The number of fused-ring (bicyclic) bond motifs is 1. The molecule has 0 N–H and O–H groups in total. The van der Waals surface area contributed by atoms with Crippen molar-refractivity contribution in [1.82, 2.24) is 20.0 Å². The van der Waals surface area contributed by atoms with Gasteiger partial charge in [0.2, 0.25) is 5.13 Å². The van der Waals surface area contributed by atoms with E-state index in [1.165, 1.54) is 0 Å². The molecule has 4 heterocycles. The van der Waals surface area contributed by atoms with Gasteiger partial charge in [0.1, 0.15) is 5.01 Å². The van der Waals surface area contributed by atoms with Crippen molar-refractivity contribution >= 4 is 28.2 Å². The lowest BCUT2D eigenvalue weighted by atomic mass is 10.2. The Balaban J connectivity index is 1.58. The fraction of sp³-hybridized carbons (Fsp3) is 0.600. The second-order valence-corrected chi connectivity index (χ2v) is 8.30. The van der Waals surface area contributed by atoms with Gasteiger partial charge in [0, 0.05) is 24.8 Å². The summed E-state index contributed by atoms with van der Waals surface area (Å²) in [6, 6.07) is 2.06. The summed E-state index contributed by atoms with van der Waals surface area (Å²) in [5, 5.41) is 15.0. The van der Waals surface area contributed by atoms with E-state index in [2.05, 4.69) is 20.2 Å². The minimum absolute atomic E-state index is 0.0199. The molecule has 0 radical (unpaired) electrons. The van der Waals surface area contributed by atoms with Gasteiger partial charge in [-0.3, -0.25) is 4.79 Å². The molecule has 1 saturated heterocycles. The summed E-state index contributed by atoms with van der Waals surface area (Å²) < 4.78 is 1.66. The lowest BCUT2D eigenvalue weighted by Gasteiger charge is -2.24. The Morgan fingerprint density at radius 1 is 1.39 bits per heavy atom. The highest BCUT2D eigenvalue weighted by molar-refractivity contribution is 7.98. The van der Waals surface area contributed by atoms with E-state index in [1.807, 2.05) is 18.7 Å². The van der Waals surface area contributed by atoms with Gasteiger partial charge in [-0.15, -0.1) is 10.2 Å². The van der Waals surface area contributed by atoms with Crippen molar-refractivity contribution in [2.75, 3.05) is 17.2 Å². The second-order valence-electron chi connectivity index (χ2n) is 6.03. The predicted molar refractivity (Wildman–Crippen MR) is 93.4 cm³/mol. The van der Waals surface area contributed by atoms with Crippen LogP contribution in [0.15, 0.2) is 10.9 Å². The molecule has 4 rings (SSSR count). The fourth-order valence-corrected chi connectivity index (χ4v) is 5.00. The average molecular weight is 349 g/mol. The van der Waals surface area contributed by atoms with Crippen LogP contribution in [0.25, 0.3) is 0 Å². The number of hydrogen-bond acceptors (Lipinski definition) is 7. The van der Waals surface area contributed by atoms with Crippen LogP contribution >= 0.6 is 23.1 Å². The molecule has 6 nitrogen and oxygen atoms in total. The van der Waals surface area contributed by atoms with Crippen LogP contribution in [0, 0.1) is 6.92 Å². The highest BCUT2D eigenvalue weighted by atomic mass is 32.2. The zero-order chi connectivity index (χ0) is 15.8.